The Balaban J connectivity index is 1.68. The Morgan fingerprint density at radius 1 is 1.19 bits per heavy atom. The van der Waals surface area contributed by atoms with Gasteiger partial charge in [-0.3, -0.25) is 9.69 Å². The fourth-order valence-electron chi connectivity index (χ4n) is 2.55. The van der Waals surface area contributed by atoms with Gasteiger partial charge in [-0.2, -0.15) is 0 Å². The highest BCUT2D eigenvalue weighted by Gasteiger charge is 2.16. The second-order valence-corrected chi connectivity index (χ2v) is 5.84. The van der Waals surface area contributed by atoms with Gasteiger partial charge in [-0.05, 0) is 30.7 Å². The molecule has 0 aliphatic carbocycles. The lowest BCUT2D eigenvalue weighted by Crippen LogP contribution is -2.48. The second kappa shape index (κ2) is 8.25. The number of anilines is 1. The molecular formula is C16H24ClN3O. The lowest BCUT2D eigenvalue weighted by molar-refractivity contribution is -0.121. The summed E-state index contributed by atoms with van der Waals surface area (Å²) in [5, 5.41) is 3.75. The highest BCUT2D eigenvalue weighted by Crippen LogP contribution is 2.19. The first-order valence-corrected chi connectivity index (χ1v) is 8.06. The van der Waals surface area contributed by atoms with Crippen LogP contribution >= 0.6 is 11.6 Å². The number of amides is 1. The van der Waals surface area contributed by atoms with E-state index in [1.807, 2.05) is 19.1 Å². The van der Waals surface area contributed by atoms with Crippen molar-refractivity contribution >= 4 is 23.2 Å². The molecule has 21 heavy (non-hydrogen) atoms. The molecule has 0 spiro atoms. The van der Waals surface area contributed by atoms with Crippen LogP contribution in [0.25, 0.3) is 0 Å². The smallest absolute Gasteiger partial charge is 0.220 e. The van der Waals surface area contributed by atoms with Crippen LogP contribution in [-0.4, -0.2) is 50.1 Å². The normalized spacial score (nSPS) is 16.0. The monoisotopic (exact) mass is 309 g/mol. The molecule has 1 aromatic carbocycles. The minimum atomic E-state index is 0.164. The maximum atomic E-state index is 11.4. The van der Waals surface area contributed by atoms with Crippen molar-refractivity contribution in [2.24, 2.45) is 0 Å². The van der Waals surface area contributed by atoms with Crippen LogP contribution in [0, 0.1) is 0 Å². The van der Waals surface area contributed by atoms with E-state index < -0.39 is 0 Å². The molecule has 0 aromatic heterocycles. The number of piperazine rings is 1. The fourth-order valence-corrected chi connectivity index (χ4v) is 2.68. The summed E-state index contributed by atoms with van der Waals surface area (Å²) >= 11 is 5.92. The first kappa shape index (κ1) is 16.1. The zero-order valence-corrected chi connectivity index (χ0v) is 13.4. The van der Waals surface area contributed by atoms with Crippen LogP contribution in [0.5, 0.6) is 0 Å². The van der Waals surface area contributed by atoms with Crippen LogP contribution in [0.15, 0.2) is 24.3 Å². The molecule has 1 aliphatic heterocycles. The number of hydrogen-bond acceptors (Lipinski definition) is 3. The number of rotatable bonds is 6. The minimum Gasteiger partial charge on any atom is -0.369 e. The van der Waals surface area contributed by atoms with E-state index in [2.05, 4.69) is 27.2 Å². The SMILES string of the molecule is CCCC(=O)NCCN1CCN(c2ccc(Cl)cc2)CC1. The van der Waals surface area contributed by atoms with E-state index in [4.69, 9.17) is 11.6 Å². The molecule has 0 unspecified atom stereocenters. The highest BCUT2D eigenvalue weighted by atomic mass is 35.5. The summed E-state index contributed by atoms with van der Waals surface area (Å²) in [5.41, 5.74) is 1.23. The zero-order valence-electron chi connectivity index (χ0n) is 12.6. The van der Waals surface area contributed by atoms with Crippen LogP contribution in [0.1, 0.15) is 19.8 Å². The van der Waals surface area contributed by atoms with Gasteiger partial charge in [0.1, 0.15) is 0 Å². The van der Waals surface area contributed by atoms with E-state index >= 15 is 0 Å². The van der Waals surface area contributed by atoms with Gasteiger partial charge in [0, 0.05) is 56.4 Å². The van der Waals surface area contributed by atoms with Crippen LogP contribution in [0.2, 0.25) is 5.02 Å². The molecular weight excluding hydrogens is 286 g/mol. The van der Waals surface area contributed by atoms with Crippen molar-refractivity contribution in [3.8, 4) is 0 Å². The van der Waals surface area contributed by atoms with E-state index in [-0.39, 0.29) is 5.91 Å². The molecule has 0 atom stereocenters. The van der Waals surface area contributed by atoms with Crippen LogP contribution in [0.3, 0.4) is 0 Å². The van der Waals surface area contributed by atoms with Crippen molar-refractivity contribution in [3.05, 3.63) is 29.3 Å². The topological polar surface area (TPSA) is 35.6 Å². The number of nitrogens with one attached hydrogen (secondary N) is 1. The van der Waals surface area contributed by atoms with Gasteiger partial charge in [-0.15, -0.1) is 0 Å². The van der Waals surface area contributed by atoms with Crippen LogP contribution in [0.4, 0.5) is 5.69 Å². The van der Waals surface area contributed by atoms with E-state index in [9.17, 15) is 4.79 Å². The standard InChI is InChI=1S/C16H24ClN3O/c1-2-3-16(21)18-8-9-19-10-12-20(13-11-19)15-6-4-14(17)5-7-15/h4-7H,2-3,8-13H2,1H3,(H,18,21). The van der Waals surface area contributed by atoms with Crippen molar-refractivity contribution < 1.29 is 4.79 Å². The molecule has 1 amide bonds. The first-order valence-electron chi connectivity index (χ1n) is 7.68. The molecule has 5 heteroatoms. The Morgan fingerprint density at radius 2 is 1.86 bits per heavy atom. The molecule has 1 N–H and O–H groups in total. The van der Waals surface area contributed by atoms with Crippen molar-refractivity contribution in [1.29, 1.82) is 0 Å². The number of carbonyl (C=O) groups is 1. The predicted octanol–water partition coefficient (Wildman–Crippen LogP) is 2.38. The Bertz CT molecular complexity index is 441. The van der Waals surface area contributed by atoms with Gasteiger partial charge >= 0.3 is 0 Å². The summed E-state index contributed by atoms with van der Waals surface area (Å²) in [5.74, 6) is 0.164. The fraction of sp³-hybridized carbons (Fsp3) is 0.562. The Morgan fingerprint density at radius 3 is 2.48 bits per heavy atom. The summed E-state index contributed by atoms with van der Waals surface area (Å²) in [6.07, 6.45) is 1.54. The number of nitrogens with zero attached hydrogens (tertiary/aromatic N) is 2. The molecule has 0 bridgehead atoms. The summed E-state index contributed by atoms with van der Waals surface area (Å²) in [4.78, 5) is 16.2. The second-order valence-electron chi connectivity index (χ2n) is 5.41. The number of benzene rings is 1. The van der Waals surface area contributed by atoms with Crippen molar-refractivity contribution in [3.63, 3.8) is 0 Å². The van der Waals surface area contributed by atoms with Gasteiger partial charge < -0.3 is 10.2 Å². The van der Waals surface area contributed by atoms with E-state index in [1.165, 1.54) is 5.69 Å². The summed E-state index contributed by atoms with van der Waals surface area (Å²) in [7, 11) is 0. The number of carbonyl (C=O) groups excluding carboxylic acids is 1. The molecule has 1 heterocycles. The predicted molar refractivity (Wildman–Crippen MR) is 88.0 cm³/mol. The maximum Gasteiger partial charge on any atom is 0.220 e. The molecule has 1 aliphatic rings. The average Bonchev–Trinajstić information content (AvgIpc) is 2.49. The van der Waals surface area contributed by atoms with Gasteiger partial charge in [-0.1, -0.05) is 18.5 Å². The minimum absolute atomic E-state index is 0.164. The van der Waals surface area contributed by atoms with Gasteiger partial charge in [0.05, 0.1) is 0 Å². The third kappa shape index (κ3) is 5.21. The zero-order chi connectivity index (χ0) is 15.1. The van der Waals surface area contributed by atoms with Gasteiger partial charge in [-0.25, -0.2) is 0 Å². The van der Waals surface area contributed by atoms with E-state index in [0.29, 0.717) is 6.42 Å². The van der Waals surface area contributed by atoms with Gasteiger partial charge in [0.25, 0.3) is 0 Å². The van der Waals surface area contributed by atoms with Gasteiger partial charge in [0.2, 0.25) is 5.91 Å². The summed E-state index contributed by atoms with van der Waals surface area (Å²) in [6.45, 7) is 7.81. The third-order valence-corrected chi connectivity index (χ3v) is 4.04. The summed E-state index contributed by atoms with van der Waals surface area (Å²) < 4.78 is 0. The average molecular weight is 310 g/mol. The molecule has 116 valence electrons. The quantitative estimate of drug-likeness (QED) is 0.876. The van der Waals surface area contributed by atoms with Crippen molar-refractivity contribution in [2.75, 3.05) is 44.2 Å². The number of hydrogen-bond donors (Lipinski definition) is 1. The Kier molecular flexibility index (Phi) is 6.33. The van der Waals surface area contributed by atoms with E-state index in [1.54, 1.807) is 0 Å². The van der Waals surface area contributed by atoms with Crippen LogP contribution in [-0.2, 0) is 4.79 Å². The lowest BCUT2D eigenvalue weighted by atomic mass is 10.2. The van der Waals surface area contributed by atoms with Crippen LogP contribution < -0.4 is 10.2 Å². The molecule has 1 saturated heterocycles. The van der Waals surface area contributed by atoms with Crippen molar-refractivity contribution in [1.82, 2.24) is 10.2 Å². The first-order chi connectivity index (χ1) is 10.2. The molecule has 0 radical (unpaired) electrons. The van der Waals surface area contributed by atoms with E-state index in [0.717, 1.165) is 50.7 Å². The molecule has 0 saturated carbocycles. The molecule has 1 fully saturated rings. The molecule has 4 nitrogen and oxygen atoms in total. The summed E-state index contributed by atoms with van der Waals surface area (Å²) in [6, 6.07) is 8.02. The third-order valence-electron chi connectivity index (χ3n) is 3.79. The maximum absolute atomic E-state index is 11.4. The largest absolute Gasteiger partial charge is 0.369 e. The number of halogens is 1. The van der Waals surface area contributed by atoms with Crippen molar-refractivity contribution in [2.45, 2.75) is 19.8 Å². The lowest BCUT2D eigenvalue weighted by Gasteiger charge is -2.36. The molecule has 2 rings (SSSR count). The highest BCUT2D eigenvalue weighted by molar-refractivity contribution is 6.30. The Hall–Kier alpha value is -1.26. The molecule has 1 aromatic rings. The Labute approximate surface area is 132 Å². The van der Waals surface area contributed by atoms with Gasteiger partial charge in [0.15, 0.2) is 0 Å².